The molecule has 1 heterocycles. The van der Waals surface area contributed by atoms with Gasteiger partial charge in [-0.1, -0.05) is 36.4 Å². The third-order valence-corrected chi connectivity index (χ3v) is 3.86. The van der Waals surface area contributed by atoms with Gasteiger partial charge in [-0.05, 0) is 44.0 Å². The molecule has 0 saturated heterocycles. The molecule has 3 rings (SSSR count). The minimum atomic E-state index is -0.222. The molecule has 0 unspecified atom stereocenters. The maximum atomic E-state index is 12.3. The van der Waals surface area contributed by atoms with Crippen LogP contribution in [0.2, 0.25) is 0 Å². The topological polar surface area (TPSA) is 56.1 Å². The van der Waals surface area contributed by atoms with Gasteiger partial charge in [0, 0.05) is 6.07 Å². The molecule has 0 fully saturated rings. The standard InChI is InChI=1S/C20H21N3O2/c1-14-8-7-9-15(2)20(14)25-13-19(24)21-18-12-16(3)22-23(18)17-10-5-4-6-11-17/h4-12H,13H2,1-3H3,(H,21,24). The van der Waals surface area contributed by atoms with E-state index in [4.69, 9.17) is 4.74 Å². The fourth-order valence-electron chi connectivity index (χ4n) is 2.70. The number of nitrogens with zero attached hydrogens (tertiary/aromatic N) is 2. The molecule has 1 N–H and O–H groups in total. The number of amides is 1. The minimum absolute atomic E-state index is 0.0509. The largest absolute Gasteiger partial charge is 0.483 e. The number of benzene rings is 2. The molecular formula is C20H21N3O2. The molecule has 0 radical (unpaired) electrons. The zero-order valence-electron chi connectivity index (χ0n) is 14.6. The van der Waals surface area contributed by atoms with E-state index < -0.39 is 0 Å². The molecule has 1 aromatic heterocycles. The lowest BCUT2D eigenvalue weighted by atomic mass is 10.1. The van der Waals surface area contributed by atoms with Crippen molar-refractivity contribution in [1.29, 1.82) is 0 Å². The second-order valence-electron chi connectivity index (χ2n) is 5.98. The number of ether oxygens (including phenoxy) is 1. The molecule has 3 aromatic rings. The molecule has 0 spiro atoms. The lowest BCUT2D eigenvalue weighted by molar-refractivity contribution is -0.118. The number of carbonyl (C=O) groups excluding carboxylic acids is 1. The summed E-state index contributed by atoms with van der Waals surface area (Å²) in [5.74, 6) is 1.16. The first-order valence-electron chi connectivity index (χ1n) is 8.15. The van der Waals surface area contributed by atoms with Crippen LogP contribution in [0.1, 0.15) is 16.8 Å². The molecule has 0 saturated carbocycles. The molecule has 5 heteroatoms. The second-order valence-corrected chi connectivity index (χ2v) is 5.98. The Morgan fingerprint density at radius 1 is 1.04 bits per heavy atom. The molecule has 128 valence electrons. The van der Waals surface area contributed by atoms with Crippen LogP contribution >= 0.6 is 0 Å². The fourth-order valence-corrected chi connectivity index (χ4v) is 2.70. The van der Waals surface area contributed by atoms with Crippen LogP contribution in [-0.2, 0) is 4.79 Å². The van der Waals surface area contributed by atoms with Crippen molar-refractivity contribution >= 4 is 11.7 Å². The molecule has 0 aliphatic carbocycles. The van der Waals surface area contributed by atoms with E-state index in [2.05, 4.69) is 10.4 Å². The van der Waals surface area contributed by atoms with Gasteiger partial charge in [0.15, 0.2) is 6.61 Å². The van der Waals surface area contributed by atoms with Crippen molar-refractivity contribution in [1.82, 2.24) is 9.78 Å². The van der Waals surface area contributed by atoms with E-state index in [0.29, 0.717) is 5.82 Å². The van der Waals surface area contributed by atoms with Crippen LogP contribution in [0.15, 0.2) is 54.6 Å². The highest BCUT2D eigenvalue weighted by atomic mass is 16.5. The summed E-state index contributed by atoms with van der Waals surface area (Å²) in [5, 5.41) is 7.32. The zero-order chi connectivity index (χ0) is 17.8. The first-order chi connectivity index (χ1) is 12.0. The first-order valence-corrected chi connectivity index (χ1v) is 8.15. The molecule has 0 aliphatic heterocycles. The molecule has 1 amide bonds. The van der Waals surface area contributed by atoms with Crippen molar-refractivity contribution in [2.24, 2.45) is 0 Å². The Hall–Kier alpha value is -3.08. The quantitative estimate of drug-likeness (QED) is 0.771. The number of hydrogen-bond donors (Lipinski definition) is 1. The van der Waals surface area contributed by atoms with Crippen molar-refractivity contribution in [3.8, 4) is 11.4 Å². The Bertz CT molecular complexity index is 865. The van der Waals surface area contributed by atoms with E-state index in [1.165, 1.54) is 0 Å². The van der Waals surface area contributed by atoms with Crippen LogP contribution < -0.4 is 10.1 Å². The van der Waals surface area contributed by atoms with E-state index in [1.807, 2.05) is 75.4 Å². The van der Waals surface area contributed by atoms with Crippen molar-refractivity contribution in [3.63, 3.8) is 0 Å². The Morgan fingerprint density at radius 3 is 2.40 bits per heavy atom. The van der Waals surface area contributed by atoms with Gasteiger partial charge < -0.3 is 10.1 Å². The Kier molecular flexibility index (Phi) is 4.84. The number of aromatic nitrogens is 2. The summed E-state index contributed by atoms with van der Waals surface area (Å²) in [6.45, 7) is 5.77. The maximum Gasteiger partial charge on any atom is 0.263 e. The Balaban J connectivity index is 1.72. The zero-order valence-corrected chi connectivity index (χ0v) is 14.6. The number of para-hydroxylation sites is 2. The van der Waals surface area contributed by atoms with Gasteiger partial charge in [-0.25, -0.2) is 4.68 Å². The number of carbonyl (C=O) groups is 1. The third kappa shape index (κ3) is 3.88. The van der Waals surface area contributed by atoms with Crippen molar-refractivity contribution in [2.75, 3.05) is 11.9 Å². The minimum Gasteiger partial charge on any atom is -0.483 e. The SMILES string of the molecule is Cc1cc(NC(=O)COc2c(C)cccc2C)n(-c2ccccc2)n1. The second kappa shape index (κ2) is 7.21. The van der Waals surface area contributed by atoms with Gasteiger partial charge in [-0.3, -0.25) is 4.79 Å². The molecular weight excluding hydrogens is 314 g/mol. The maximum absolute atomic E-state index is 12.3. The van der Waals surface area contributed by atoms with Gasteiger partial charge in [0.05, 0.1) is 11.4 Å². The van der Waals surface area contributed by atoms with E-state index in [-0.39, 0.29) is 12.5 Å². The fraction of sp³-hybridized carbons (Fsp3) is 0.200. The van der Waals surface area contributed by atoms with Crippen LogP contribution in [0, 0.1) is 20.8 Å². The van der Waals surface area contributed by atoms with Crippen LogP contribution in [0.4, 0.5) is 5.82 Å². The Labute approximate surface area is 147 Å². The summed E-state index contributed by atoms with van der Waals surface area (Å²) in [4.78, 5) is 12.3. The van der Waals surface area contributed by atoms with E-state index in [9.17, 15) is 4.79 Å². The highest BCUT2D eigenvalue weighted by molar-refractivity contribution is 5.91. The normalized spacial score (nSPS) is 10.5. The van der Waals surface area contributed by atoms with Crippen molar-refractivity contribution < 1.29 is 9.53 Å². The van der Waals surface area contributed by atoms with Crippen LogP contribution in [0.3, 0.4) is 0 Å². The first kappa shape index (κ1) is 16.8. The van der Waals surface area contributed by atoms with Gasteiger partial charge in [-0.2, -0.15) is 5.10 Å². The average Bonchev–Trinajstić information content (AvgIpc) is 2.95. The van der Waals surface area contributed by atoms with Crippen molar-refractivity contribution in [3.05, 3.63) is 71.4 Å². The van der Waals surface area contributed by atoms with Crippen molar-refractivity contribution in [2.45, 2.75) is 20.8 Å². The third-order valence-electron chi connectivity index (χ3n) is 3.86. The summed E-state index contributed by atoms with van der Waals surface area (Å²) in [5.41, 5.74) is 3.74. The predicted octanol–water partition coefficient (Wildman–Crippen LogP) is 3.82. The summed E-state index contributed by atoms with van der Waals surface area (Å²) < 4.78 is 7.43. The lowest BCUT2D eigenvalue weighted by Gasteiger charge is -2.12. The summed E-state index contributed by atoms with van der Waals surface area (Å²) in [6, 6.07) is 17.4. The number of anilines is 1. The highest BCUT2D eigenvalue weighted by Crippen LogP contribution is 2.22. The summed E-state index contributed by atoms with van der Waals surface area (Å²) in [7, 11) is 0. The van der Waals surface area contributed by atoms with Gasteiger partial charge in [-0.15, -0.1) is 0 Å². The smallest absolute Gasteiger partial charge is 0.263 e. The lowest BCUT2D eigenvalue weighted by Crippen LogP contribution is -2.22. The number of hydrogen-bond acceptors (Lipinski definition) is 3. The van der Waals surface area contributed by atoms with Crippen LogP contribution in [0.25, 0.3) is 5.69 Å². The summed E-state index contributed by atoms with van der Waals surface area (Å²) >= 11 is 0. The summed E-state index contributed by atoms with van der Waals surface area (Å²) in [6.07, 6.45) is 0. The monoisotopic (exact) mass is 335 g/mol. The van der Waals surface area contributed by atoms with Gasteiger partial charge in [0.25, 0.3) is 5.91 Å². The molecule has 0 aliphatic rings. The van der Waals surface area contributed by atoms with Gasteiger partial charge >= 0.3 is 0 Å². The highest BCUT2D eigenvalue weighted by Gasteiger charge is 2.12. The van der Waals surface area contributed by atoms with Gasteiger partial charge in [0.2, 0.25) is 0 Å². The van der Waals surface area contributed by atoms with Crippen LogP contribution in [0.5, 0.6) is 5.75 Å². The molecule has 2 aromatic carbocycles. The average molecular weight is 335 g/mol. The number of nitrogens with one attached hydrogen (secondary N) is 1. The van der Waals surface area contributed by atoms with E-state index in [1.54, 1.807) is 4.68 Å². The van der Waals surface area contributed by atoms with Crippen LogP contribution in [-0.4, -0.2) is 22.3 Å². The number of rotatable bonds is 5. The molecule has 25 heavy (non-hydrogen) atoms. The molecule has 0 bridgehead atoms. The van der Waals surface area contributed by atoms with Gasteiger partial charge in [0.1, 0.15) is 11.6 Å². The van der Waals surface area contributed by atoms with E-state index in [0.717, 1.165) is 28.3 Å². The Morgan fingerprint density at radius 2 is 1.72 bits per heavy atom. The molecule has 0 atom stereocenters. The predicted molar refractivity (Wildman–Crippen MR) is 98.3 cm³/mol. The van der Waals surface area contributed by atoms with E-state index >= 15 is 0 Å². The number of aryl methyl sites for hydroxylation is 3. The molecule has 5 nitrogen and oxygen atoms in total.